The number of carboxylic acid groups (broad SMARTS) is 1. The summed E-state index contributed by atoms with van der Waals surface area (Å²) in [5, 5.41) is 44.7. The van der Waals surface area contributed by atoms with E-state index in [9.17, 15) is 14.7 Å². The van der Waals surface area contributed by atoms with Gasteiger partial charge in [0.1, 0.15) is 6.10 Å². The topological polar surface area (TPSA) is 147 Å². The number of aliphatic carboxylic acids is 1. The number of rotatable bonds is 4. The van der Waals surface area contributed by atoms with Gasteiger partial charge in [-0.3, -0.25) is 0 Å². The minimum atomic E-state index is -1.42. The van der Waals surface area contributed by atoms with Crippen LogP contribution in [0.3, 0.4) is 0 Å². The Hall–Kier alpha value is -0.684. The Morgan fingerprint density at radius 1 is 1.43 bits per heavy atom. The molecule has 0 aromatic rings. The Labute approximate surface area is 163 Å². The number of carbonyl (C=O) groups excluding carboxylic acids is 2. The van der Waals surface area contributed by atoms with Crippen LogP contribution in [0.5, 0.6) is 0 Å². The summed E-state index contributed by atoms with van der Waals surface area (Å²) in [7, 11) is 0. The fourth-order valence-electron chi connectivity index (χ4n) is 1.07. The molecule has 0 radical (unpaired) electrons. The molecule has 4 N–H and O–H groups in total. The number of allylic oxidation sites excluding steroid dienone is 3. The second-order valence-corrected chi connectivity index (χ2v) is 3.51. The quantitative estimate of drug-likeness (QED) is 0.175. The van der Waals surface area contributed by atoms with Crippen molar-refractivity contribution < 1.29 is 91.2 Å². The fourth-order valence-corrected chi connectivity index (χ4v) is 1.07. The van der Waals surface area contributed by atoms with Crippen LogP contribution in [0.2, 0.25) is 0 Å². The van der Waals surface area contributed by atoms with Crippen molar-refractivity contribution in [1.29, 1.82) is 0 Å². The molecule has 0 amide bonds. The summed E-state index contributed by atoms with van der Waals surface area (Å²) < 4.78 is 4.32. The monoisotopic (exact) mass is 326 g/mol. The zero-order valence-electron chi connectivity index (χ0n) is 11.6. The van der Waals surface area contributed by atoms with E-state index in [0.29, 0.717) is 0 Å². The molecular formula is C12H15KO8. The minimum absolute atomic E-state index is 0. The molecule has 0 aliphatic carbocycles. The Bertz CT molecular complexity index is 441. The third kappa shape index (κ3) is 8.36. The third-order valence-corrected chi connectivity index (χ3v) is 2.01. The number of carboxylic acids is 1. The van der Waals surface area contributed by atoms with Gasteiger partial charge in [0.05, 0.1) is 12.6 Å². The van der Waals surface area contributed by atoms with E-state index in [0.717, 1.165) is 6.08 Å². The molecule has 0 fully saturated rings. The zero-order valence-corrected chi connectivity index (χ0v) is 14.7. The molecule has 0 bridgehead atoms. The van der Waals surface area contributed by atoms with Crippen LogP contribution in [0, 0.1) is 0 Å². The largest absolute Gasteiger partial charge is 1.00 e. The maximum Gasteiger partial charge on any atom is 1.00 e. The van der Waals surface area contributed by atoms with Gasteiger partial charge in [-0.25, -0.2) is 4.79 Å². The van der Waals surface area contributed by atoms with Crippen LogP contribution in [0.1, 0.15) is 6.92 Å². The van der Waals surface area contributed by atoms with Crippen molar-refractivity contribution in [3.8, 4) is 0 Å². The molecule has 0 spiro atoms. The molecule has 112 valence electrons. The minimum Gasteiger partial charge on any atom is -0.545 e. The van der Waals surface area contributed by atoms with Gasteiger partial charge in [-0.2, -0.15) is 0 Å². The molecule has 1 heterocycles. The molecule has 1 aliphatic rings. The Morgan fingerprint density at radius 3 is 2.33 bits per heavy atom. The first-order valence-electron chi connectivity index (χ1n) is 5.47. The van der Waals surface area contributed by atoms with Crippen molar-refractivity contribution in [3.05, 3.63) is 35.8 Å². The summed E-state index contributed by atoms with van der Waals surface area (Å²) >= 11 is 0. The second kappa shape index (κ2) is 11.9. The van der Waals surface area contributed by atoms with Gasteiger partial charge >= 0.3 is 57.4 Å². The van der Waals surface area contributed by atoms with E-state index in [-0.39, 0.29) is 51.4 Å². The molecule has 21 heavy (non-hydrogen) atoms. The summed E-state index contributed by atoms with van der Waals surface area (Å²) in [6, 6.07) is 0. The van der Waals surface area contributed by atoms with Crippen molar-refractivity contribution in [3.63, 3.8) is 0 Å². The van der Waals surface area contributed by atoms with Crippen LogP contribution in [-0.2, 0) is 14.3 Å². The number of carbonyl (C=O) groups is 2. The van der Waals surface area contributed by atoms with Gasteiger partial charge < -0.3 is 35.1 Å². The normalized spacial score (nSPS) is 19.0. The van der Waals surface area contributed by atoms with E-state index in [1.54, 1.807) is 19.1 Å². The molecular weight excluding hydrogens is 311 g/mol. The van der Waals surface area contributed by atoms with Crippen molar-refractivity contribution in [2.75, 3.05) is 6.61 Å². The van der Waals surface area contributed by atoms with Crippen molar-refractivity contribution in [2.24, 2.45) is 0 Å². The standard InChI is InChI=1S/C6H8O6.C6H8O2.K/c7-1-2(8)5-3(9)4(10)6(11)12-5;1-2-3-4-5-6(7)8;/h2,5,7-10H,1H2;2-5H,1H3,(H,7,8);/q;;+1/p-1/b;3-2+,5-4+;/t2-,5+;;/m0../s1. The van der Waals surface area contributed by atoms with Gasteiger partial charge in [-0.15, -0.1) is 0 Å². The number of esters is 1. The molecule has 0 saturated carbocycles. The summed E-state index contributed by atoms with van der Waals surface area (Å²) in [5.74, 6) is -3.94. The number of ether oxygens (including phenoxy) is 1. The number of cyclic esters (lactones) is 1. The molecule has 1 rings (SSSR count). The predicted molar refractivity (Wildman–Crippen MR) is 64.2 cm³/mol. The molecule has 0 aromatic heterocycles. The fraction of sp³-hybridized carbons (Fsp3) is 0.333. The van der Waals surface area contributed by atoms with Crippen LogP contribution >= 0.6 is 0 Å². The van der Waals surface area contributed by atoms with Gasteiger partial charge in [0.25, 0.3) is 0 Å². The molecule has 9 heteroatoms. The Balaban J connectivity index is 0. The van der Waals surface area contributed by atoms with Crippen LogP contribution in [-0.4, -0.2) is 51.2 Å². The first-order valence-corrected chi connectivity index (χ1v) is 5.47. The summed E-state index contributed by atoms with van der Waals surface area (Å²) in [5.41, 5.74) is 0. The molecule has 2 atom stereocenters. The number of aliphatic hydroxyl groups excluding tert-OH is 4. The van der Waals surface area contributed by atoms with Crippen molar-refractivity contribution >= 4 is 11.9 Å². The summed E-state index contributed by atoms with van der Waals surface area (Å²) in [6.45, 7) is 1.13. The summed E-state index contributed by atoms with van der Waals surface area (Å²) in [4.78, 5) is 20.2. The maximum atomic E-state index is 10.5. The van der Waals surface area contributed by atoms with Gasteiger partial charge in [0.2, 0.25) is 5.76 Å². The van der Waals surface area contributed by atoms with Gasteiger partial charge in [0, 0.05) is 0 Å². The molecule has 0 saturated heterocycles. The molecule has 0 unspecified atom stereocenters. The van der Waals surface area contributed by atoms with Crippen LogP contribution in [0.15, 0.2) is 35.8 Å². The van der Waals surface area contributed by atoms with E-state index in [4.69, 9.17) is 20.4 Å². The van der Waals surface area contributed by atoms with E-state index in [2.05, 4.69) is 4.74 Å². The van der Waals surface area contributed by atoms with Crippen molar-refractivity contribution in [2.45, 2.75) is 19.1 Å². The molecule has 0 aromatic carbocycles. The maximum absolute atomic E-state index is 10.5. The van der Waals surface area contributed by atoms with Crippen LogP contribution < -0.4 is 56.5 Å². The average Bonchev–Trinajstić information content (AvgIpc) is 2.66. The number of hydrogen-bond acceptors (Lipinski definition) is 8. The Morgan fingerprint density at radius 2 is 2.00 bits per heavy atom. The van der Waals surface area contributed by atoms with Gasteiger partial charge in [0.15, 0.2) is 11.9 Å². The Kier molecular flexibility index (Phi) is 12.8. The van der Waals surface area contributed by atoms with E-state index in [1.165, 1.54) is 6.08 Å². The zero-order chi connectivity index (χ0) is 15.7. The van der Waals surface area contributed by atoms with Crippen molar-refractivity contribution in [1.82, 2.24) is 0 Å². The smallest absolute Gasteiger partial charge is 0.545 e. The van der Waals surface area contributed by atoms with Crippen LogP contribution in [0.25, 0.3) is 0 Å². The van der Waals surface area contributed by atoms with E-state index < -0.39 is 42.3 Å². The molecule has 8 nitrogen and oxygen atoms in total. The number of aliphatic hydroxyl groups is 4. The molecule has 1 aliphatic heterocycles. The van der Waals surface area contributed by atoms with Gasteiger partial charge in [-0.1, -0.05) is 18.2 Å². The van der Waals surface area contributed by atoms with E-state index in [1.807, 2.05) is 0 Å². The van der Waals surface area contributed by atoms with Crippen LogP contribution in [0.4, 0.5) is 0 Å². The second-order valence-electron chi connectivity index (χ2n) is 3.51. The number of hydrogen-bond donors (Lipinski definition) is 4. The summed E-state index contributed by atoms with van der Waals surface area (Å²) in [6.07, 6.45) is 2.96. The SMILES string of the molecule is C/C=C/C=C/C(=O)[O-].O=C1O[C@H]([C@@H](O)CO)C(O)=C1O.[K+]. The van der Waals surface area contributed by atoms with Gasteiger partial charge in [-0.05, 0) is 13.0 Å². The van der Waals surface area contributed by atoms with E-state index >= 15 is 0 Å². The third-order valence-electron chi connectivity index (χ3n) is 2.01. The predicted octanol–water partition coefficient (Wildman–Crippen LogP) is -4.53. The average molecular weight is 326 g/mol. The first-order chi connectivity index (χ1) is 9.34. The first kappa shape index (κ1) is 22.6.